The molecule has 3 heteroatoms. The monoisotopic (exact) mass is 250 g/mol. The van der Waals surface area contributed by atoms with Gasteiger partial charge in [0.2, 0.25) is 0 Å². The summed E-state index contributed by atoms with van der Waals surface area (Å²) in [6, 6.07) is 5.70. The number of hydrogen-bond donors (Lipinski definition) is 0. The van der Waals surface area contributed by atoms with Crippen molar-refractivity contribution in [2.24, 2.45) is 0 Å². The third-order valence-electron chi connectivity index (χ3n) is 2.64. The van der Waals surface area contributed by atoms with Gasteiger partial charge in [-0.2, -0.15) is 0 Å². The summed E-state index contributed by atoms with van der Waals surface area (Å²) in [6.07, 6.45) is 0. The van der Waals surface area contributed by atoms with Gasteiger partial charge in [0.25, 0.3) is 0 Å². The van der Waals surface area contributed by atoms with Crippen LogP contribution in [0.25, 0.3) is 0 Å². The zero-order valence-corrected chi connectivity index (χ0v) is 11.9. The van der Waals surface area contributed by atoms with Gasteiger partial charge in [-0.25, -0.2) is 4.79 Å². The Hall–Kier alpha value is -1.51. The normalized spacial score (nSPS) is 11.2. The fraction of sp³-hybridized carbons (Fsp3) is 0.533. The molecule has 100 valence electrons. The fourth-order valence-electron chi connectivity index (χ4n) is 1.65. The zero-order valence-electron chi connectivity index (χ0n) is 11.9. The van der Waals surface area contributed by atoms with Crippen molar-refractivity contribution in [1.29, 1.82) is 0 Å². The van der Waals surface area contributed by atoms with Crippen LogP contribution in [0.3, 0.4) is 0 Å². The Bertz CT molecular complexity index is 416. The van der Waals surface area contributed by atoms with Gasteiger partial charge in [0.1, 0.15) is 11.3 Å². The SMILES string of the molecule is CCOC(=O)c1cc(C(C)(C)C)ccc1OCC. The van der Waals surface area contributed by atoms with Crippen molar-refractivity contribution >= 4 is 5.97 Å². The van der Waals surface area contributed by atoms with E-state index < -0.39 is 0 Å². The molecule has 1 aromatic carbocycles. The van der Waals surface area contributed by atoms with Crippen molar-refractivity contribution in [3.8, 4) is 5.75 Å². The third kappa shape index (κ3) is 3.49. The summed E-state index contributed by atoms with van der Waals surface area (Å²) in [5.41, 5.74) is 1.59. The summed E-state index contributed by atoms with van der Waals surface area (Å²) in [6.45, 7) is 10.9. The maximum Gasteiger partial charge on any atom is 0.341 e. The highest BCUT2D eigenvalue weighted by Gasteiger charge is 2.20. The molecule has 0 aliphatic carbocycles. The smallest absolute Gasteiger partial charge is 0.341 e. The molecule has 3 nitrogen and oxygen atoms in total. The van der Waals surface area contributed by atoms with Gasteiger partial charge >= 0.3 is 5.97 Å². The number of carbonyl (C=O) groups excluding carboxylic acids is 1. The van der Waals surface area contributed by atoms with Crippen molar-refractivity contribution in [3.63, 3.8) is 0 Å². The van der Waals surface area contributed by atoms with Crippen molar-refractivity contribution in [2.75, 3.05) is 13.2 Å². The third-order valence-corrected chi connectivity index (χ3v) is 2.64. The molecule has 0 amide bonds. The Kier molecular flexibility index (Phi) is 4.76. The van der Waals surface area contributed by atoms with E-state index >= 15 is 0 Å². The van der Waals surface area contributed by atoms with Crippen LogP contribution in [-0.2, 0) is 10.2 Å². The van der Waals surface area contributed by atoms with Gasteiger partial charge in [-0.1, -0.05) is 26.8 Å². The minimum atomic E-state index is -0.327. The van der Waals surface area contributed by atoms with Crippen LogP contribution in [-0.4, -0.2) is 19.2 Å². The highest BCUT2D eigenvalue weighted by Crippen LogP contribution is 2.28. The number of hydrogen-bond acceptors (Lipinski definition) is 3. The predicted molar refractivity (Wildman–Crippen MR) is 72.3 cm³/mol. The zero-order chi connectivity index (χ0) is 13.8. The van der Waals surface area contributed by atoms with E-state index in [2.05, 4.69) is 20.8 Å². The molecule has 0 saturated carbocycles. The molecule has 1 aromatic rings. The minimum absolute atomic E-state index is 0.00795. The molecule has 18 heavy (non-hydrogen) atoms. The summed E-state index contributed by atoms with van der Waals surface area (Å²) in [5.74, 6) is 0.260. The Morgan fingerprint density at radius 2 is 1.83 bits per heavy atom. The Morgan fingerprint density at radius 3 is 2.33 bits per heavy atom. The maximum absolute atomic E-state index is 11.9. The van der Waals surface area contributed by atoms with Crippen LogP contribution < -0.4 is 4.74 Å². The van der Waals surface area contributed by atoms with Gasteiger partial charge in [-0.15, -0.1) is 0 Å². The van der Waals surface area contributed by atoms with Crippen LogP contribution in [0.15, 0.2) is 18.2 Å². The molecule has 0 radical (unpaired) electrons. The summed E-state index contributed by atoms with van der Waals surface area (Å²) in [4.78, 5) is 11.9. The number of carbonyl (C=O) groups is 1. The van der Waals surface area contributed by atoms with E-state index in [0.717, 1.165) is 5.56 Å². The second-order valence-corrected chi connectivity index (χ2v) is 5.11. The second kappa shape index (κ2) is 5.89. The molecule has 0 aromatic heterocycles. The Balaban J connectivity index is 3.19. The number of esters is 1. The van der Waals surface area contributed by atoms with Crippen LogP contribution in [0.2, 0.25) is 0 Å². The summed E-state index contributed by atoms with van der Waals surface area (Å²) >= 11 is 0. The van der Waals surface area contributed by atoms with Gasteiger partial charge in [0.15, 0.2) is 0 Å². The first-order valence-corrected chi connectivity index (χ1v) is 6.34. The molecule has 0 spiro atoms. The highest BCUT2D eigenvalue weighted by molar-refractivity contribution is 5.92. The standard InChI is InChI=1S/C15H22O3/c1-6-17-13-9-8-11(15(3,4)5)10-12(13)14(16)18-7-2/h8-10H,6-7H2,1-5H3. The molecule has 0 N–H and O–H groups in total. The molecule has 0 atom stereocenters. The first-order valence-electron chi connectivity index (χ1n) is 6.34. The van der Waals surface area contributed by atoms with Crippen molar-refractivity contribution in [1.82, 2.24) is 0 Å². The highest BCUT2D eigenvalue weighted by atomic mass is 16.5. The van der Waals surface area contributed by atoms with Crippen LogP contribution in [0.1, 0.15) is 50.5 Å². The molecular weight excluding hydrogens is 228 g/mol. The molecule has 0 unspecified atom stereocenters. The van der Waals surface area contributed by atoms with E-state index in [0.29, 0.717) is 24.5 Å². The van der Waals surface area contributed by atoms with E-state index in [-0.39, 0.29) is 11.4 Å². The van der Waals surface area contributed by atoms with Gasteiger partial charge in [-0.3, -0.25) is 0 Å². The molecule has 0 saturated heterocycles. The Morgan fingerprint density at radius 1 is 1.17 bits per heavy atom. The number of benzene rings is 1. The molecule has 0 fully saturated rings. The predicted octanol–water partition coefficient (Wildman–Crippen LogP) is 3.56. The van der Waals surface area contributed by atoms with E-state index in [4.69, 9.17) is 9.47 Å². The topological polar surface area (TPSA) is 35.5 Å². The number of rotatable bonds is 4. The fourth-order valence-corrected chi connectivity index (χ4v) is 1.65. The van der Waals surface area contributed by atoms with Crippen molar-refractivity contribution < 1.29 is 14.3 Å². The molecular formula is C15H22O3. The second-order valence-electron chi connectivity index (χ2n) is 5.11. The molecule has 0 bridgehead atoms. The lowest BCUT2D eigenvalue weighted by Gasteiger charge is -2.20. The van der Waals surface area contributed by atoms with Crippen LogP contribution in [0, 0.1) is 0 Å². The minimum Gasteiger partial charge on any atom is -0.493 e. The van der Waals surface area contributed by atoms with Crippen molar-refractivity contribution in [2.45, 2.75) is 40.0 Å². The average Bonchev–Trinajstić information content (AvgIpc) is 2.28. The van der Waals surface area contributed by atoms with Crippen LogP contribution in [0.5, 0.6) is 5.75 Å². The van der Waals surface area contributed by atoms with Crippen LogP contribution in [0.4, 0.5) is 0 Å². The first kappa shape index (κ1) is 14.6. The molecule has 0 aliphatic rings. The number of ether oxygens (including phenoxy) is 2. The van der Waals surface area contributed by atoms with Gasteiger partial charge < -0.3 is 9.47 Å². The lowest BCUT2D eigenvalue weighted by atomic mass is 9.86. The van der Waals surface area contributed by atoms with Crippen molar-refractivity contribution in [3.05, 3.63) is 29.3 Å². The van der Waals surface area contributed by atoms with Gasteiger partial charge in [0, 0.05) is 0 Å². The molecule has 1 rings (SSSR count). The Labute approximate surface area is 109 Å². The maximum atomic E-state index is 11.9. The summed E-state index contributed by atoms with van der Waals surface area (Å²) in [5, 5.41) is 0. The summed E-state index contributed by atoms with van der Waals surface area (Å²) < 4.78 is 10.5. The summed E-state index contributed by atoms with van der Waals surface area (Å²) in [7, 11) is 0. The van der Waals surface area contributed by atoms with Crippen LogP contribution >= 0.6 is 0 Å². The van der Waals surface area contributed by atoms with Gasteiger partial charge in [0.05, 0.1) is 13.2 Å². The average molecular weight is 250 g/mol. The van der Waals surface area contributed by atoms with E-state index in [1.165, 1.54) is 0 Å². The quantitative estimate of drug-likeness (QED) is 0.766. The van der Waals surface area contributed by atoms with E-state index in [1.807, 2.05) is 25.1 Å². The first-order chi connectivity index (χ1) is 8.40. The molecule has 0 heterocycles. The largest absolute Gasteiger partial charge is 0.493 e. The lowest BCUT2D eigenvalue weighted by Crippen LogP contribution is -2.14. The van der Waals surface area contributed by atoms with E-state index in [9.17, 15) is 4.79 Å². The molecule has 0 aliphatic heterocycles. The van der Waals surface area contributed by atoms with E-state index in [1.54, 1.807) is 6.92 Å². The lowest BCUT2D eigenvalue weighted by molar-refractivity contribution is 0.0522. The van der Waals surface area contributed by atoms with Gasteiger partial charge in [-0.05, 0) is 37.0 Å².